The summed E-state index contributed by atoms with van der Waals surface area (Å²) in [6.45, 7) is 1.49. The lowest BCUT2D eigenvalue weighted by Crippen LogP contribution is -2.09. The van der Waals surface area contributed by atoms with Gasteiger partial charge in [0, 0.05) is 11.8 Å². The smallest absolute Gasteiger partial charge is 0.258 e. The van der Waals surface area contributed by atoms with Crippen LogP contribution >= 0.6 is 15.9 Å². The molecule has 0 fully saturated rings. The summed E-state index contributed by atoms with van der Waals surface area (Å²) in [6.07, 6.45) is 1.11. The van der Waals surface area contributed by atoms with E-state index in [0.717, 1.165) is 6.26 Å². The van der Waals surface area contributed by atoms with Crippen molar-refractivity contribution in [3.8, 4) is 17.2 Å². The second-order valence-corrected chi connectivity index (χ2v) is 7.32. The first-order valence-electron chi connectivity index (χ1n) is 5.30. The molecule has 0 saturated carbocycles. The van der Waals surface area contributed by atoms with Gasteiger partial charge in [-0.1, -0.05) is 5.16 Å². The number of sulfone groups is 1. The standard InChI is InChI=1S/C11H11BrN2O4S/c1-6(19(2,16)17)10-13-11(18-14-10)7-3-4-8(12)9(15)5-7/h3-6,15H,1-2H3. The molecule has 1 N–H and O–H groups in total. The molecule has 2 rings (SSSR count). The summed E-state index contributed by atoms with van der Waals surface area (Å²) in [4.78, 5) is 4.03. The molecule has 0 amide bonds. The van der Waals surface area contributed by atoms with Crippen molar-refractivity contribution in [2.45, 2.75) is 12.2 Å². The Morgan fingerprint density at radius 1 is 1.42 bits per heavy atom. The monoisotopic (exact) mass is 346 g/mol. The van der Waals surface area contributed by atoms with Crippen molar-refractivity contribution in [1.29, 1.82) is 0 Å². The van der Waals surface area contributed by atoms with Crippen LogP contribution in [0.4, 0.5) is 0 Å². The van der Waals surface area contributed by atoms with Crippen LogP contribution in [0.25, 0.3) is 11.5 Å². The number of phenolic OH excluding ortho intramolecular Hbond substituents is 1. The second kappa shape index (κ2) is 4.93. The zero-order valence-electron chi connectivity index (χ0n) is 10.2. The molecule has 1 aromatic heterocycles. The SMILES string of the molecule is CC(c1noc(-c2ccc(Br)c(O)c2)n1)S(C)(=O)=O. The molecular formula is C11H11BrN2O4S. The van der Waals surface area contributed by atoms with Crippen LogP contribution in [-0.2, 0) is 9.84 Å². The predicted molar refractivity (Wildman–Crippen MR) is 72.4 cm³/mol. The molecule has 0 bridgehead atoms. The summed E-state index contributed by atoms with van der Waals surface area (Å²) in [5, 5.41) is 12.4. The van der Waals surface area contributed by atoms with Crippen molar-refractivity contribution >= 4 is 25.8 Å². The van der Waals surface area contributed by atoms with Gasteiger partial charge in [0.25, 0.3) is 5.89 Å². The van der Waals surface area contributed by atoms with Gasteiger partial charge in [-0.3, -0.25) is 0 Å². The third-order valence-corrected chi connectivity index (χ3v) is 4.81. The van der Waals surface area contributed by atoms with E-state index in [4.69, 9.17) is 4.52 Å². The summed E-state index contributed by atoms with van der Waals surface area (Å²) in [6, 6.07) is 4.76. The van der Waals surface area contributed by atoms with Crippen LogP contribution in [0.1, 0.15) is 18.0 Å². The highest BCUT2D eigenvalue weighted by Crippen LogP contribution is 2.30. The zero-order valence-corrected chi connectivity index (χ0v) is 12.6. The van der Waals surface area contributed by atoms with Gasteiger partial charge in [-0.2, -0.15) is 4.98 Å². The summed E-state index contributed by atoms with van der Waals surface area (Å²) >= 11 is 3.16. The van der Waals surface area contributed by atoms with Crippen LogP contribution in [-0.4, -0.2) is 29.9 Å². The lowest BCUT2D eigenvalue weighted by atomic mass is 10.2. The summed E-state index contributed by atoms with van der Waals surface area (Å²) in [7, 11) is -3.28. The van der Waals surface area contributed by atoms with Crippen LogP contribution in [0, 0.1) is 0 Å². The van der Waals surface area contributed by atoms with E-state index in [-0.39, 0.29) is 17.5 Å². The Hall–Kier alpha value is -1.41. The number of halogens is 1. The van der Waals surface area contributed by atoms with Gasteiger partial charge in [0.1, 0.15) is 11.0 Å². The number of nitrogens with zero attached hydrogens (tertiary/aromatic N) is 2. The highest BCUT2D eigenvalue weighted by molar-refractivity contribution is 9.10. The molecule has 1 unspecified atom stereocenters. The lowest BCUT2D eigenvalue weighted by Gasteiger charge is -2.02. The van der Waals surface area contributed by atoms with Gasteiger partial charge >= 0.3 is 0 Å². The molecule has 6 nitrogen and oxygen atoms in total. The van der Waals surface area contributed by atoms with Crippen LogP contribution in [0.2, 0.25) is 0 Å². The molecular weight excluding hydrogens is 336 g/mol. The predicted octanol–water partition coefficient (Wildman–Crippen LogP) is 2.31. The summed E-state index contributed by atoms with van der Waals surface area (Å²) in [5.74, 6) is 0.293. The maximum Gasteiger partial charge on any atom is 0.258 e. The van der Waals surface area contributed by atoms with Gasteiger partial charge in [-0.15, -0.1) is 0 Å². The van der Waals surface area contributed by atoms with Crippen molar-refractivity contribution in [3.05, 3.63) is 28.5 Å². The van der Waals surface area contributed by atoms with Gasteiger partial charge in [0.2, 0.25) is 0 Å². The molecule has 0 aliphatic rings. The van der Waals surface area contributed by atoms with Gasteiger partial charge in [0.05, 0.1) is 4.47 Å². The van der Waals surface area contributed by atoms with Crippen molar-refractivity contribution < 1.29 is 18.0 Å². The Morgan fingerprint density at radius 3 is 2.68 bits per heavy atom. The van der Waals surface area contributed by atoms with E-state index in [2.05, 4.69) is 26.1 Å². The number of aromatic nitrogens is 2. The van der Waals surface area contributed by atoms with E-state index in [1.54, 1.807) is 12.1 Å². The van der Waals surface area contributed by atoms with Gasteiger partial charge in [-0.05, 0) is 41.1 Å². The van der Waals surface area contributed by atoms with Gasteiger partial charge < -0.3 is 9.63 Å². The molecule has 102 valence electrons. The van der Waals surface area contributed by atoms with E-state index in [1.165, 1.54) is 13.0 Å². The first-order valence-corrected chi connectivity index (χ1v) is 8.05. The van der Waals surface area contributed by atoms with Crippen LogP contribution in [0.15, 0.2) is 27.2 Å². The quantitative estimate of drug-likeness (QED) is 0.916. The maximum absolute atomic E-state index is 11.4. The molecule has 1 aromatic carbocycles. The normalized spacial score (nSPS) is 13.4. The minimum Gasteiger partial charge on any atom is -0.507 e. The summed E-state index contributed by atoms with van der Waals surface area (Å²) < 4.78 is 28.4. The van der Waals surface area contributed by atoms with Gasteiger partial charge in [0.15, 0.2) is 15.7 Å². The van der Waals surface area contributed by atoms with E-state index in [9.17, 15) is 13.5 Å². The second-order valence-electron chi connectivity index (χ2n) is 4.10. The average molecular weight is 347 g/mol. The highest BCUT2D eigenvalue weighted by atomic mass is 79.9. The maximum atomic E-state index is 11.4. The molecule has 1 atom stereocenters. The largest absolute Gasteiger partial charge is 0.507 e. The molecule has 0 radical (unpaired) electrons. The van der Waals surface area contributed by atoms with Crippen LogP contribution in [0.5, 0.6) is 5.75 Å². The molecule has 1 heterocycles. The minimum absolute atomic E-state index is 0.0356. The molecule has 0 aliphatic carbocycles. The fourth-order valence-corrected chi connectivity index (χ4v) is 2.08. The Kier molecular flexibility index (Phi) is 3.64. The number of benzene rings is 1. The molecule has 8 heteroatoms. The third-order valence-electron chi connectivity index (χ3n) is 2.64. The number of phenols is 1. The Morgan fingerprint density at radius 2 is 2.11 bits per heavy atom. The number of aromatic hydroxyl groups is 1. The molecule has 2 aromatic rings. The fraction of sp³-hybridized carbons (Fsp3) is 0.273. The van der Waals surface area contributed by atoms with E-state index >= 15 is 0 Å². The lowest BCUT2D eigenvalue weighted by molar-refractivity contribution is 0.421. The fourth-order valence-electron chi connectivity index (χ4n) is 1.35. The highest BCUT2D eigenvalue weighted by Gasteiger charge is 2.23. The first kappa shape index (κ1) is 14.0. The van der Waals surface area contributed by atoms with E-state index in [0.29, 0.717) is 10.0 Å². The number of hydrogen-bond donors (Lipinski definition) is 1. The first-order chi connectivity index (χ1) is 8.79. The van der Waals surface area contributed by atoms with Crippen LogP contribution < -0.4 is 0 Å². The average Bonchev–Trinajstić information content (AvgIpc) is 2.79. The molecule has 0 spiro atoms. The third kappa shape index (κ3) is 2.95. The zero-order chi connectivity index (χ0) is 14.2. The van der Waals surface area contributed by atoms with Crippen molar-refractivity contribution in [2.24, 2.45) is 0 Å². The van der Waals surface area contributed by atoms with Crippen molar-refractivity contribution in [1.82, 2.24) is 10.1 Å². The Bertz CT molecular complexity index is 711. The van der Waals surface area contributed by atoms with Gasteiger partial charge in [-0.25, -0.2) is 8.42 Å². The number of hydrogen-bond acceptors (Lipinski definition) is 6. The van der Waals surface area contributed by atoms with Crippen LogP contribution in [0.3, 0.4) is 0 Å². The Labute approximate surface area is 118 Å². The van der Waals surface area contributed by atoms with E-state index < -0.39 is 15.1 Å². The Balaban J connectivity index is 2.38. The molecule has 0 saturated heterocycles. The minimum atomic E-state index is -3.28. The molecule has 0 aliphatic heterocycles. The molecule has 19 heavy (non-hydrogen) atoms. The summed E-state index contributed by atoms with van der Waals surface area (Å²) in [5.41, 5.74) is 0.514. The van der Waals surface area contributed by atoms with Crippen molar-refractivity contribution in [2.75, 3.05) is 6.26 Å². The number of rotatable bonds is 3. The van der Waals surface area contributed by atoms with E-state index in [1.807, 2.05) is 0 Å². The van der Waals surface area contributed by atoms with Crippen molar-refractivity contribution in [3.63, 3.8) is 0 Å². The topological polar surface area (TPSA) is 93.3 Å².